The van der Waals surface area contributed by atoms with Crippen molar-refractivity contribution in [2.75, 3.05) is 18.1 Å². The summed E-state index contributed by atoms with van der Waals surface area (Å²) < 4.78 is 35.3. The van der Waals surface area contributed by atoms with Gasteiger partial charge in [0, 0.05) is 6.54 Å². The number of carbonyl (C=O) groups is 1. The van der Waals surface area contributed by atoms with Crippen molar-refractivity contribution in [2.45, 2.75) is 6.42 Å². The number of aromatic nitrogens is 1. The summed E-state index contributed by atoms with van der Waals surface area (Å²) in [6.45, 7) is 0.274. The number of nitrogens with one attached hydrogen (secondary N) is 1. The minimum absolute atomic E-state index is 0.00384. The fourth-order valence-electron chi connectivity index (χ4n) is 1.90. The smallest absolute Gasteiger partial charge is 0.270 e. The molecule has 0 radical (unpaired) electrons. The molecule has 0 aliphatic carbocycles. The molecular formula is C11H13FN2O3S. The van der Waals surface area contributed by atoms with Crippen LogP contribution in [0.25, 0.3) is 0 Å². The van der Waals surface area contributed by atoms with Gasteiger partial charge in [-0.05, 0) is 24.5 Å². The van der Waals surface area contributed by atoms with Gasteiger partial charge in [-0.15, -0.1) is 0 Å². The lowest BCUT2D eigenvalue weighted by Gasteiger charge is -2.09. The third-order valence-electron chi connectivity index (χ3n) is 2.83. The van der Waals surface area contributed by atoms with Gasteiger partial charge in [0.05, 0.1) is 11.5 Å². The number of hydrogen-bond acceptors (Lipinski definition) is 4. The molecule has 0 saturated carbocycles. The van der Waals surface area contributed by atoms with Crippen LogP contribution >= 0.6 is 0 Å². The van der Waals surface area contributed by atoms with Crippen LogP contribution in [0.2, 0.25) is 0 Å². The Bertz CT molecular complexity index is 559. The average molecular weight is 272 g/mol. The number of halogens is 1. The van der Waals surface area contributed by atoms with Crippen LogP contribution < -0.4 is 5.32 Å². The highest BCUT2D eigenvalue weighted by Crippen LogP contribution is 2.17. The minimum atomic E-state index is -2.94. The SMILES string of the molecule is O=C(NCC1CCS(=O)(=O)C1)c1cccc(F)n1. The summed E-state index contributed by atoms with van der Waals surface area (Å²) in [6, 6.07) is 3.96. The van der Waals surface area contributed by atoms with E-state index in [9.17, 15) is 17.6 Å². The molecule has 1 unspecified atom stereocenters. The van der Waals surface area contributed by atoms with Gasteiger partial charge in [-0.1, -0.05) is 6.07 Å². The lowest BCUT2D eigenvalue weighted by atomic mass is 10.1. The number of carbonyl (C=O) groups excluding carboxylic acids is 1. The summed E-state index contributed by atoms with van der Waals surface area (Å²) in [5.74, 6) is -0.993. The Balaban J connectivity index is 1.90. The molecule has 1 aromatic heterocycles. The number of rotatable bonds is 3. The molecule has 1 amide bonds. The molecule has 1 aliphatic heterocycles. The van der Waals surface area contributed by atoms with Crippen molar-refractivity contribution in [3.63, 3.8) is 0 Å². The van der Waals surface area contributed by atoms with Crippen LogP contribution in [0.1, 0.15) is 16.9 Å². The fourth-order valence-corrected chi connectivity index (χ4v) is 3.76. The molecule has 1 aromatic rings. The van der Waals surface area contributed by atoms with Crippen LogP contribution in [0.3, 0.4) is 0 Å². The summed E-state index contributed by atoms with van der Waals surface area (Å²) >= 11 is 0. The number of nitrogens with zero attached hydrogens (tertiary/aromatic N) is 1. The number of hydrogen-bond donors (Lipinski definition) is 1. The van der Waals surface area contributed by atoms with Crippen molar-refractivity contribution >= 4 is 15.7 Å². The van der Waals surface area contributed by atoms with E-state index in [-0.39, 0.29) is 29.7 Å². The van der Waals surface area contributed by atoms with E-state index in [0.29, 0.717) is 6.42 Å². The summed E-state index contributed by atoms with van der Waals surface area (Å²) in [6.07, 6.45) is 0.555. The van der Waals surface area contributed by atoms with Crippen LogP contribution in [0.15, 0.2) is 18.2 Å². The van der Waals surface area contributed by atoms with Crippen molar-refractivity contribution in [1.82, 2.24) is 10.3 Å². The maximum absolute atomic E-state index is 12.8. The standard InChI is InChI=1S/C11H13FN2O3S/c12-10-3-1-2-9(14-10)11(15)13-6-8-4-5-18(16,17)7-8/h1-3,8H,4-7H2,(H,13,15). The lowest BCUT2D eigenvalue weighted by molar-refractivity contribution is 0.0942. The second-order valence-corrected chi connectivity index (χ2v) is 6.55. The van der Waals surface area contributed by atoms with Crippen LogP contribution in [0, 0.1) is 11.9 Å². The van der Waals surface area contributed by atoms with Gasteiger partial charge in [-0.3, -0.25) is 4.79 Å². The quantitative estimate of drug-likeness (QED) is 0.807. The van der Waals surface area contributed by atoms with Crippen molar-refractivity contribution in [3.8, 4) is 0 Å². The molecule has 1 saturated heterocycles. The summed E-state index contributed by atoms with van der Waals surface area (Å²) in [7, 11) is -2.94. The van der Waals surface area contributed by atoms with E-state index in [4.69, 9.17) is 0 Å². The van der Waals surface area contributed by atoms with Gasteiger partial charge < -0.3 is 5.32 Å². The monoisotopic (exact) mass is 272 g/mol. The topological polar surface area (TPSA) is 76.1 Å². The normalized spacial score (nSPS) is 21.7. The molecule has 98 valence electrons. The second kappa shape index (κ2) is 5.01. The van der Waals surface area contributed by atoms with Crippen molar-refractivity contribution < 1.29 is 17.6 Å². The van der Waals surface area contributed by atoms with Crippen molar-refractivity contribution in [1.29, 1.82) is 0 Å². The van der Waals surface area contributed by atoms with Gasteiger partial charge in [-0.2, -0.15) is 4.39 Å². The first-order chi connectivity index (χ1) is 8.46. The van der Waals surface area contributed by atoms with Crippen molar-refractivity contribution in [3.05, 3.63) is 29.8 Å². The molecule has 0 bridgehead atoms. The number of sulfone groups is 1. The van der Waals surface area contributed by atoms with Gasteiger partial charge >= 0.3 is 0 Å². The molecule has 1 fully saturated rings. The zero-order chi connectivity index (χ0) is 13.2. The van der Waals surface area contributed by atoms with E-state index in [2.05, 4.69) is 10.3 Å². The molecule has 0 spiro atoms. The Morgan fingerprint density at radius 1 is 1.50 bits per heavy atom. The number of amides is 1. The Morgan fingerprint density at radius 3 is 2.89 bits per heavy atom. The predicted octanol–water partition coefficient (Wildman–Crippen LogP) is 0.385. The first-order valence-electron chi connectivity index (χ1n) is 5.57. The van der Waals surface area contributed by atoms with Gasteiger partial charge in [0.2, 0.25) is 5.95 Å². The molecular weight excluding hydrogens is 259 g/mol. The molecule has 0 aromatic carbocycles. The molecule has 2 heterocycles. The van der Waals surface area contributed by atoms with Gasteiger partial charge in [0.15, 0.2) is 9.84 Å². The highest BCUT2D eigenvalue weighted by molar-refractivity contribution is 7.91. The van der Waals surface area contributed by atoms with Crippen LogP contribution in [0.5, 0.6) is 0 Å². The summed E-state index contributed by atoms with van der Waals surface area (Å²) in [5, 5.41) is 2.57. The molecule has 1 N–H and O–H groups in total. The highest BCUT2D eigenvalue weighted by Gasteiger charge is 2.28. The van der Waals surface area contributed by atoms with Gasteiger partial charge in [0.25, 0.3) is 5.91 Å². The van der Waals surface area contributed by atoms with E-state index in [1.807, 2.05) is 0 Å². The maximum atomic E-state index is 12.8. The first kappa shape index (κ1) is 12.9. The Morgan fingerprint density at radius 2 is 2.28 bits per heavy atom. The van der Waals surface area contributed by atoms with E-state index in [0.717, 1.165) is 6.07 Å². The number of pyridine rings is 1. The van der Waals surface area contributed by atoms with Crippen LogP contribution in [-0.4, -0.2) is 37.4 Å². The van der Waals surface area contributed by atoms with Crippen LogP contribution in [-0.2, 0) is 9.84 Å². The second-order valence-electron chi connectivity index (χ2n) is 4.32. The van der Waals surface area contributed by atoms with E-state index < -0.39 is 21.7 Å². The summed E-state index contributed by atoms with van der Waals surface area (Å²) in [4.78, 5) is 15.1. The average Bonchev–Trinajstić information content (AvgIpc) is 2.66. The molecule has 2 rings (SSSR count). The maximum Gasteiger partial charge on any atom is 0.270 e. The van der Waals surface area contributed by atoms with Gasteiger partial charge in [-0.25, -0.2) is 13.4 Å². The zero-order valence-electron chi connectivity index (χ0n) is 9.60. The molecule has 1 aliphatic rings. The van der Waals surface area contributed by atoms with Crippen molar-refractivity contribution in [2.24, 2.45) is 5.92 Å². The Labute approximate surface area is 104 Å². The fraction of sp³-hybridized carbons (Fsp3) is 0.455. The molecule has 5 nitrogen and oxygen atoms in total. The van der Waals surface area contributed by atoms with Gasteiger partial charge in [0.1, 0.15) is 5.69 Å². The Kier molecular flexibility index (Phi) is 3.60. The van der Waals surface area contributed by atoms with E-state index in [1.165, 1.54) is 12.1 Å². The van der Waals surface area contributed by atoms with Crippen LogP contribution in [0.4, 0.5) is 4.39 Å². The Hall–Kier alpha value is -1.50. The molecule has 1 atom stereocenters. The molecule has 18 heavy (non-hydrogen) atoms. The third kappa shape index (κ3) is 3.25. The highest BCUT2D eigenvalue weighted by atomic mass is 32.2. The first-order valence-corrected chi connectivity index (χ1v) is 7.39. The molecule has 7 heteroatoms. The minimum Gasteiger partial charge on any atom is -0.350 e. The zero-order valence-corrected chi connectivity index (χ0v) is 10.4. The summed E-state index contributed by atoms with van der Waals surface area (Å²) in [5.41, 5.74) is -0.00384. The predicted molar refractivity (Wildman–Crippen MR) is 63.3 cm³/mol. The van der Waals surface area contributed by atoms with E-state index >= 15 is 0 Å². The largest absolute Gasteiger partial charge is 0.350 e. The lowest BCUT2D eigenvalue weighted by Crippen LogP contribution is -2.30. The third-order valence-corrected chi connectivity index (χ3v) is 4.66. The van der Waals surface area contributed by atoms with E-state index in [1.54, 1.807) is 0 Å².